The summed E-state index contributed by atoms with van der Waals surface area (Å²) in [6.45, 7) is 18.8. The Hall–Kier alpha value is -0.830. The van der Waals surface area contributed by atoms with Crippen molar-refractivity contribution in [1.82, 2.24) is 0 Å². The van der Waals surface area contributed by atoms with E-state index in [0.717, 1.165) is 38.5 Å². The first-order chi connectivity index (χ1) is 15.3. The summed E-state index contributed by atoms with van der Waals surface area (Å²) in [4.78, 5) is 12.8. The average molecular weight is 457 g/mol. The van der Waals surface area contributed by atoms with E-state index in [0.29, 0.717) is 23.7 Å². The van der Waals surface area contributed by atoms with Gasteiger partial charge in [0.2, 0.25) is 0 Å². The van der Waals surface area contributed by atoms with E-state index in [9.17, 15) is 15.0 Å². The molecule has 0 radical (unpaired) electrons. The van der Waals surface area contributed by atoms with Gasteiger partial charge in [0, 0.05) is 0 Å². The number of carboxylic acid groups (broad SMARTS) is 1. The van der Waals surface area contributed by atoms with E-state index in [1.807, 2.05) is 0 Å². The Morgan fingerprint density at radius 2 is 1.52 bits per heavy atom. The van der Waals surface area contributed by atoms with Crippen LogP contribution in [0.1, 0.15) is 106 Å². The van der Waals surface area contributed by atoms with Crippen LogP contribution in [-0.4, -0.2) is 22.3 Å². The molecule has 0 aromatic carbocycles. The van der Waals surface area contributed by atoms with Gasteiger partial charge in [-0.1, -0.05) is 46.8 Å². The molecule has 5 aliphatic carbocycles. The number of aliphatic hydroxyl groups is 1. The summed E-state index contributed by atoms with van der Waals surface area (Å²) < 4.78 is 0. The molecule has 0 bridgehead atoms. The fourth-order valence-corrected chi connectivity index (χ4v) is 11.5. The van der Waals surface area contributed by atoms with Crippen LogP contribution in [0, 0.1) is 56.7 Å². The third-order valence-electron chi connectivity index (χ3n) is 13.5. The first-order valence-corrected chi connectivity index (χ1v) is 13.8. The Morgan fingerprint density at radius 1 is 0.818 bits per heavy atom. The van der Waals surface area contributed by atoms with Crippen molar-refractivity contribution in [3.63, 3.8) is 0 Å². The van der Waals surface area contributed by atoms with Gasteiger partial charge in [-0.2, -0.15) is 0 Å². The standard InChI is InChI=1S/C30H48O3/c1-18(2)19-10-15-30(25(32)33)17-16-28(6)20(24(19)30)8-9-22-27(5)13-12-23(31)26(3,4)21(27)11-14-29(22,28)7/h19-24,31H,1,8-17H2,2-7H3,(H,32,33)/t19-,20+,21+,22+,23+,24-,27-,28+,29+,30-/m0/s1. The molecule has 3 heteroatoms. The highest BCUT2D eigenvalue weighted by Gasteiger charge is 2.71. The predicted molar refractivity (Wildman–Crippen MR) is 133 cm³/mol. The number of fused-ring (bicyclic) bond motifs is 7. The molecule has 186 valence electrons. The van der Waals surface area contributed by atoms with Crippen LogP contribution in [0.2, 0.25) is 0 Å². The zero-order valence-electron chi connectivity index (χ0n) is 22.0. The highest BCUT2D eigenvalue weighted by molar-refractivity contribution is 5.76. The van der Waals surface area contributed by atoms with Crippen molar-refractivity contribution in [2.24, 2.45) is 56.7 Å². The van der Waals surface area contributed by atoms with Crippen LogP contribution in [0.3, 0.4) is 0 Å². The molecule has 0 saturated heterocycles. The summed E-state index contributed by atoms with van der Waals surface area (Å²) in [7, 11) is 0. The molecule has 0 aliphatic heterocycles. The molecule has 0 unspecified atom stereocenters. The fourth-order valence-electron chi connectivity index (χ4n) is 11.5. The number of aliphatic hydroxyl groups excluding tert-OH is 1. The quantitative estimate of drug-likeness (QED) is 0.436. The number of carboxylic acids is 1. The second kappa shape index (κ2) is 7.11. The molecule has 5 aliphatic rings. The highest BCUT2D eigenvalue weighted by atomic mass is 16.4. The largest absolute Gasteiger partial charge is 0.481 e. The number of allylic oxidation sites excluding steroid dienone is 1. The summed E-state index contributed by atoms with van der Waals surface area (Å²) in [5, 5.41) is 21.4. The minimum absolute atomic E-state index is 0.0202. The summed E-state index contributed by atoms with van der Waals surface area (Å²) in [5.74, 6) is 1.79. The first kappa shape index (κ1) is 23.9. The fraction of sp³-hybridized carbons (Fsp3) is 0.900. The summed E-state index contributed by atoms with van der Waals surface area (Å²) in [5.41, 5.74) is 1.35. The lowest BCUT2D eigenvalue weighted by molar-refractivity contribution is -0.248. The van der Waals surface area contributed by atoms with Crippen LogP contribution in [0.15, 0.2) is 12.2 Å². The van der Waals surface area contributed by atoms with Gasteiger partial charge in [0.25, 0.3) is 0 Å². The Labute approximate surface area is 201 Å². The van der Waals surface area contributed by atoms with E-state index in [1.165, 1.54) is 31.3 Å². The molecule has 0 heterocycles. The number of aliphatic carboxylic acids is 1. The molecule has 10 atom stereocenters. The lowest BCUT2D eigenvalue weighted by atomic mass is 9.32. The molecule has 2 N–H and O–H groups in total. The summed E-state index contributed by atoms with van der Waals surface area (Å²) in [6.07, 6.45) is 10.5. The molecule has 5 rings (SSSR count). The van der Waals surface area contributed by atoms with Gasteiger partial charge in [-0.3, -0.25) is 4.79 Å². The minimum atomic E-state index is -0.538. The van der Waals surface area contributed by atoms with Crippen LogP contribution in [0.4, 0.5) is 0 Å². The Kier molecular flexibility index (Phi) is 5.15. The first-order valence-electron chi connectivity index (χ1n) is 13.8. The van der Waals surface area contributed by atoms with Crippen molar-refractivity contribution >= 4 is 5.97 Å². The monoisotopic (exact) mass is 456 g/mol. The number of hydrogen-bond acceptors (Lipinski definition) is 2. The molecular formula is C30H48O3. The van der Waals surface area contributed by atoms with Crippen molar-refractivity contribution < 1.29 is 15.0 Å². The van der Waals surface area contributed by atoms with Crippen molar-refractivity contribution in [2.75, 3.05) is 0 Å². The zero-order chi connectivity index (χ0) is 24.2. The van der Waals surface area contributed by atoms with Crippen molar-refractivity contribution in [3.05, 3.63) is 12.2 Å². The maximum Gasteiger partial charge on any atom is 0.309 e. The maximum atomic E-state index is 12.8. The smallest absolute Gasteiger partial charge is 0.309 e. The van der Waals surface area contributed by atoms with E-state index >= 15 is 0 Å². The van der Waals surface area contributed by atoms with Gasteiger partial charge >= 0.3 is 5.97 Å². The van der Waals surface area contributed by atoms with Gasteiger partial charge in [-0.25, -0.2) is 0 Å². The molecule has 5 saturated carbocycles. The summed E-state index contributed by atoms with van der Waals surface area (Å²) in [6, 6.07) is 0. The van der Waals surface area contributed by atoms with Crippen molar-refractivity contribution in [2.45, 2.75) is 112 Å². The molecule has 5 fully saturated rings. The van der Waals surface area contributed by atoms with Gasteiger partial charge in [-0.15, -0.1) is 0 Å². The summed E-state index contributed by atoms with van der Waals surface area (Å²) >= 11 is 0. The highest BCUT2D eigenvalue weighted by Crippen LogP contribution is 2.77. The number of rotatable bonds is 2. The molecule has 0 amide bonds. The van der Waals surface area contributed by atoms with Gasteiger partial charge < -0.3 is 10.2 Å². The normalized spacial score (nSPS) is 55.0. The molecule has 3 nitrogen and oxygen atoms in total. The molecule has 33 heavy (non-hydrogen) atoms. The van der Waals surface area contributed by atoms with Gasteiger partial charge in [0.1, 0.15) is 0 Å². The molecule has 0 aromatic heterocycles. The van der Waals surface area contributed by atoms with Crippen LogP contribution in [0.25, 0.3) is 0 Å². The van der Waals surface area contributed by atoms with Gasteiger partial charge in [0.05, 0.1) is 11.5 Å². The van der Waals surface area contributed by atoms with E-state index in [1.54, 1.807) is 0 Å². The van der Waals surface area contributed by atoms with Gasteiger partial charge in [0.15, 0.2) is 0 Å². The number of carbonyl (C=O) groups is 1. The molecular weight excluding hydrogens is 408 g/mol. The third-order valence-corrected chi connectivity index (χ3v) is 13.5. The molecule has 0 spiro atoms. The maximum absolute atomic E-state index is 12.8. The minimum Gasteiger partial charge on any atom is -0.481 e. The topological polar surface area (TPSA) is 57.5 Å². The van der Waals surface area contributed by atoms with Crippen LogP contribution in [-0.2, 0) is 4.79 Å². The SMILES string of the molecule is C=C(C)[C@@H]1CC[C@]2(C(=O)O)CC[C@]3(C)[C@H](CC[C@@H]4[C@@]5(C)CC[C@@H](O)C(C)(C)[C@H]5CC[C@]43C)[C@H]12. The Morgan fingerprint density at radius 3 is 2.15 bits per heavy atom. The van der Waals surface area contributed by atoms with Crippen LogP contribution in [0.5, 0.6) is 0 Å². The average Bonchev–Trinajstić information content (AvgIpc) is 3.13. The number of hydrogen-bond donors (Lipinski definition) is 2. The predicted octanol–water partition coefficient (Wildman–Crippen LogP) is 7.09. The molecule has 0 aromatic rings. The second-order valence-electron chi connectivity index (χ2n) is 14.5. The lowest BCUT2D eigenvalue weighted by Gasteiger charge is -2.72. The zero-order valence-corrected chi connectivity index (χ0v) is 22.0. The van der Waals surface area contributed by atoms with E-state index in [2.05, 4.69) is 48.1 Å². The Balaban J connectivity index is 1.57. The second-order valence-corrected chi connectivity index (χ2v) is 14.5. The Bertz CT molecular complexity index is 861. The van der Waals surface area contributed by atoms with Crippen LogP contribution >= 0.6 is 0 Å². The van der Waals surface area contributed by atoms with Gasteiger partial charge in [-0.05, 0) is 122 Å². The van der Waals surface area contributed by atoms with Crippen molar-refractivity contribution in [3.8, 4) is 0 Å². The van der Waals surface area contributed by atoms with Crippen LogP contribution < -0.4 is 0 Å². The third kappa shape index (κ3) is 2.75. The van der Waals surface area contributed by atoms with Crippen molar-refractivity contribution in [1.29, 1.82) is 0 Å². The lowest BCUT2D eigenvalue weighted by Crippen LogP contribution is -2.67. The van der Waals surface area contributed by atoms with E-state index in [-0.39, 0.29) is 33.7 Å². The van der Waals surface area contributed by atoms with E-state index < -0.39 is 11.4 Å². The van der Waals surface area contributed by atoms with E-state index in [4.69, 9.17) is 0 Å².